The Morgan fingerprint density at radius 3 is 2.64 bits per heavy atom. The average Bonchev–Trinajstić information content (AvgIpc) is 3.67. The summed E-state index contributed by atoms with van der Waals surface area (Å²) in [5.74, 6) is 6.16. The molecule has 1 unspecified atom stereocenters. The Hall–Kier alpha value is -4.50. The Kier molecular flexibility index (Phi) is 9.61. The van der Waals surface area contributed by atoms with E-state index in [1.165, 1.54) is 17.8 Å². The number of para-hydroxylation sites is 1. The van der Waals surface area contributed by atoms with E-state index in [2.05, 4.69) is 49.4 Å². The Morgan fingerprint density at radius 1 is 1.02 bits per heavy atom. The number of piperidine rings is 1. The molecule has 3 N–H and O–H groups in total. The smallest absolute Gasteiger partial charge is 0.247 e. The molecule has 3 heterocycles. The molecule has 42 heavy (non-hydrogen) atoms. The van der Waals surface area contributed by atoms with Gasteiger partial charge >= 0.3 is 0 Å². The van der Waals surface area contributed by atoms with Crippen LogP contribution in [-0.4, -0.2) is 64.9 Å². The van der Waals surface area contributed by atoms with Gasteiger partial charge in [0.1, 0.15) is 5.75 Å². The number of ether oxygens (including phenoxy) is 3. The Labute approximate surface area is 250 Å². The van der Waals surface area contributed by atoms with Crippen molar-refractivity contribution in [2.75, 3.05) is 44.5 Å². The van der Waals surface area contributed by atoms with Crippen molar-refractivity contribution in [3.8, 4) is 44.9 Å². The standard InChI is InChI=1S/C30H36N8O3S/c1-21(32-16-15-22-13-14-25(39-2)26(20-22)40-3)10-9-19-41-24-12-6-5-11-23(24)27-34-35-30(42-27)38-28(31)33-29(36-38)37-17-7-4-8-18-37/h5-6,11-14,20-21,32H,4,7-10,17-19H2,1-3H3,(H2,31,33,36). The fourth-order valence-corrected chi connectivity index (χ4v) is 5.49. The fourth-order valence-electron chi connectivity index (χ4n) is 4.65. The molecule has 12 heteroatoms. The minimum Gasteiger partial charge on any atom is -0.493 e. The predicted molar refractivity (Wildman–Crippen MR) is 164 cm³/mol. The normalized spacial score (nSPS) is 13.6. The van der Waals surface area contributed by atoms with Crippen molar-refractivity contribution in [1.29, 1.82) is 0 Å². The van der Waals surface area contributed by atoms with Crippen LogP contribution in [-0.2, 0) is 0 Å². The molecular weight excluding hydrogens is 552 g/mol. The molecule has 1 atom stereocenters. The second-order valence-corrected chi connectivity index (χ2v) is 10.9. The number of anilines is 2. The molecule has 0 radical (unpaired) electrons. The molecule has 0 spiro atoms. The summed E-state index contributed by atoms with van der Waals surface area (Å²) in [5.41, 5.74) is 7.93. The number of nitrogens with zero attached hydrogens (tertiary/aromatic N) is 6. The van der Waals surface area contributed by atoms with Crippen LogP contribution < -0.4 is 30.2 Å². The van der Waals surface area contributed by atoms with E-state index in [1.54, 1.807) is 18.9 Å². The van der Waals surface area contributed by atoms with Crippen LogP contribution in [0.1, 0.15) is 44.6 Å². The lowest BCUT2D eigenvalue weighted by atomic mass is 10.1. The number of aromatic nitrogens is 5. The summed E-state index contributed by atoms with van der Waals surface area (Å²) in [6.45, 7) is 4.55. The summed E-state index contributed by atoms with van der Waals surface area (Å²) in [5, 5.41) is 17.9. The van der Waals surface area contributed by atoms with E-state index >= 15 is 0 Å². The minimum atomic E-state index is 0.199. The van der Waals surface area contributed by atoms with Crippen LogP contribution >= 0.6 is 11.3 Å². The molecule has 0 saturated carbocycles. The number of hydrogen-bond donors (Lipinski definition) is 2. The van der Waals surface area contributed by atoms with Crippen LogP contribution in [0.3, 0.4) is 0 Å². The maximum atomic E-state index is 6.20. The van der Waals surface area contributed by atoms with Gasteiger partial charge in [0.05, 0.1) is 26.4 Å². The third kappa shape index (κ3) is 7.03. The van der Waals surface area contributed by atoms with Gasteiger partial charge in [-0.05, 0) is 75.3 Å². The number of rotatable bonds is 11. The lowest BCUT2D eigenvalue weighted by Crippen LogP contribution is -2.30. The van der Waals surface area contributed by atoms with Gasteiger partial charge in [-0.3, -0.25) is 0 Å². The van der Waals surface area contributed by atoms with E-state index in [0.717, 1.165) is 60.7 Å². The van der Waals surface area contributed by atoms with Crippen molar-refractivity contribution in [2.24, 2.45) is 0 Å². The van der Waals surface area contributed by atoms with Crippen molar-refractivity contribution in [3.63, 3.8) is 0 Å². The van der Waals surface area contributed by atoms with Gasteiger partial charge in [-0.25, -0.2) is 0 Å². The lowest BCUT2D eigenvalue weighted by Gasteiger charge is -2.24. The zero-order chi connectivity index (χ0) is 29.3. The zero-order valence-corrected chi connectivity index (χ0v) is 25.0. The number of methoxy groups -OCH3 is 2. The first-order valence-electron chi connectivity index (χ1n) is 14.1. The van der Waals surface area contributed by atoms with E-state index in [-0.39, 0.29) is 6.04 Å². The summed E-state index contributed by atoms with van der Waals surface area (Å²) in [7, 11) is 3.23. The van der Waals surface area contributed by atoms with Crippen LogP contribution in [0.5, 0.6) is 17.2 Å². The first-order chi connectivity index (χ1) is 20.6. The topological polar surface area (TPSA) is 125 Å². The van der Waals surface area contributed by atoms with Gasteiger partial charge in [-0.2, -0.15) is 9.67 Å². The molecule has 1 fully saturated rings. The van der Waals surface area contributed by atoms with Gasteiger partial charge in [0, 0.05) is 30.7 Å². The lowest BCUT2D eigenvalue weighted by molar-refractivity contribution is 0.302. The van der Waals surface area contributed by atoms with Crippen molar-refractivity contribution >= 4 is 23.2 Å². The molecule has 11 nitrogen and oxygen atoms in total. The van der Waals surface area contributed by atoms with Crippen LogP contribution in [0.15, 0.2) is 42.5 Å². The number of nitrogen functional groups attached to an aromatic ring is 1. The van der Waals surface area contributed by atoms with Gasteiger partial charge in [0.15, 0.2) is 16.5 Å². The highest BCUT2D eigenvalue weighted by Gasteiger charge is 2.20. The highest BCUT2D eigenvalue weighted by Crippen LogP contribution is 2.34. The van der Waals surface area contributed by atoms with Crippen LogP contribution in [0.4, 0.5) is 11.9 Å². The molecule has 5 rings (SSSR count). The minimum absolute atomic E-state index is 0.199. The monoisotopic (exact) mass is 588 g/mol. The van der Waals surface area contributed by atoms with Gasteiger partial charge < -0.3 is 30.2 Å². The number of nitrogens with one attached hydrogen (secondary N) is 1. The molecule has 0 aliphatic carbocycles. The Balaban J connectivity index is 1.14. The molecular formula is C30H36N8O3S. The number of benzene rings is 2. The van der Waals surface area contributed by atoms with E-state index in [9.17, 15) is 0 Å². The van der Waals surface area contributed by atoms with Crippen molar-refractivity contribution in [2.45, 2.75) is 45.1 Å². The molecule has 0 bridgehead atoms. The summed E-state index contributed by atoms with van der Waals surface area (Å²) in [6.07, 6.45) is 5.27. The molecule has 1 aliphatic heterocycles. The maximum Gasteiger partial charge on any atom is 0.247 e. The Morgan fingerprint density at radius 2 is 1.83 bits per heavy atom. The van der Waals surface area contributed by atoms with Crippen LogP contribution in [0.25, 0.3) is 15.7 Å². The third-order valence-electron chi connectivity index (χ3n) is 6.92. The molecule has 1 saturated heterocycles. The van der Waals surface area contributed by atoms with Gasteiger partial charge in [-0.1, -0.05) is 23.5 Å². The molecule has 2 aromatic carbocycles. The predicted octanol–water partition coefficient (Wildman–Crippen LogP) is 4.52. The fraction of sp³-hybridized carbons (Fsp3) is 0.400. The van der Waals surface area contributed by atoms with Crippen LogP contribution in [0, 0.1) is 12.0 Å². The second kappa shape index (κ2) is 13.9. The largest absolute Gasteiger partial charge is 0.493 e. The summed E-state index contributed by atoms with van der Waals surface area (Å²) < 4.78 is 18.4. The average molecular weight is 589 g/mol. The van der Waals surface area contributed by atoms with E-state index in [1.807, 2.05) is 42.5 Å². The number of hydrogen-bond acceptors (Lipinski definition) is 11. The highest BCUT2D eigenvalue weighted by molar-refractivity contribution is 7.17. The van der Waals surface area contributed by atoms with Gasteiger partial charge in [0.2, 0.25) is 17.0 Å². The van der Waals surface area contributed by atoms with Gasteiger partial charge in [0.25, 0.3) is 0 Å². The van der Waals surface area contributed by atoms with E-state index in [4.69, 9.17) is 19.9 Å². The van der Waals surface area contributed by atoms with Crippen LogP contribution in [0.2, 0.25) is 0 Å². The van der Waals surface area contributed by atoms with Crippen molar-refractivity contribution in [3.05, 3.63) is 48.0 Å². The quantitative estimate of drug-likeness (QED) is 0.147. The number of nitrogens with two attached hydrogens (primary N) is 1. The maximum absolute atomic E-state index is 6.20. The molecule has 220 valence electrons. The summed E-state index contributed by atoms with van der Waals surface area (Å²) in [4.78, 5) is 6.64. The molecule has 0 amide bonds. The molecule has 2 aromatic heterocycles. The highest BCUT2D eigenvalue weighted by atomic mass is 32.1. The third-order valence-corrected chi connectivity index (χ3v) is 7.85. The first-order valence-corrected chi connectivity index (χ1v) is 14.9. The van der Waals surface area contributed by atoms with Crippen molar-refractivity contribution in [1.82, 2.24) is 30.3 Å². The Bertz CT molecular complexity index is 1540. The van der Waals surface area contributed by atoms with E-state index < -0.39 is 0 Å². The SMILES string of the molecule is COc1ccc(C#CNC(C)CCCOc2ccccc2-c2nnc(-n3nc(N4CCCCC4)nc3N)s2)cc1OC. The van der Waals surface area contributed by atoms with Gasteiger partial charge in [-0.15, -0.1) is 15.3 Å². The first kappa shape index (κ1) is 29.0. The zero-order valence-electron chi connectivity index (χ0n) is 24.2. The second-order valence-electron chi connectivity index (χ2n) is 9.97. The molecule has 4 aromatic rings. The summed E-state index contributed by atoms with van der Waals surface area (Å²) >= 11 is 1.40. The van der Waals surface area contributed by atoms with E-state index in [0.29, 0.717) is 35.1 Å². The summed E-state index contributed by atoms with van der Waals surface area (Å²) in [6, 6.07) is 16.7. The molecule has 1 aliphatic rings. The van der Waals surface area contributed by atoms with Crippen molar-refractivity contribution < 1.29 is 14.2 Å².